The van der Waals surface area contributed by atoms with Crippen molar-refractivity contribution in [2.75, 3.05) is 13.7 Å². The fraction of sp³-hybridized carbons (Fsp3) is 0.333. The average molecular weight is 355 g/mol. The van der Waals surface area contributed by atoms with Gasteiger partial charge in [-0.3, -0.25) is 0 Å². The third-order valence-electron chi connectivity index (χ3n) is 3.37. The number of halogens is 3. The van der Waals surface area contributed by atoms with Crippen molar-refractivity contribution < 1.29 is 27.4 Å². The molecule has 0 saturated carbocycles. The quantitative estimate of drug-likeness (QED) is 0.767. The van der Waals surface area contributed by atoms with Gasteiger partial charge in [0.2, 0.25) is 0 Å². The fourth-order valence-electron chi connectivity index (χ4n) is 2.32. The summed E-state index contributed by atoms with van der Waals surface area (Å²) < 4.78 is 52.1. The van der Waals surface area contributed by atoms with Gasteiger partial charge in [0.1, 0.15) is 5.75 Å². The minimum atomic E-state index is -4.71. The summed E-state index contributed by atoms with van der Waals surface area (Å²) in [5.41, 5.74) is 1.36. The molecule has 2 aromatic carbocycles. The largest absolute Gasteiger partial charge is 0.573 e. The van der Waals surface area contributed by atoms with Gasteiger partial charge in [-0.05, 0) is 30.7 Å². The van der Waals surface area contributed by atoms with E-state index < -0.39 is 6.36 Å². The molecule has 0 aliphatic heterocycles. The number of ether oxygens (including phenoxy) is 3. The maximum absolute atomic E-state index is 12.4. The van der Waals surface area contributed by atoms with Crippen LogP contribution in [0.1, 0.15) is 18.1 Å². The highest BCUT2D eigenvalue weighted by atomic mass is 19.4. The second-order valence-corrected chi connectivity index (χ2v) is 5.18. The van der Waals surface area contributed by atoms with Gasteiger partial charge in [0.15, 0.2) is 11.5 Å². The minimum Gasteiger partial charge on any atom is -0.493 e. The van der Waals surface area contributed by atoms with Crippen molar-refractivity contribution in [2.24, 2.45) is 0 Å². The van der Waals surface area contributed by atoms with Crippen molar-refractivity contribution in [1.29, 1.82) is 0 Å². The Morgan fingerprint density at radius 3 is 2.40 bits per heavy atom. The van der Waals surface area contributed by atoms with Crippen LogP contribution in [0.15, 0.2) is 42.5 Å². The minimum absolute atomic E-state index is 0.202. The lowest BCUT2D eigenvalue weighted by Crippen LogP contribution is -2.20. The molecule has 0 saturated heterocycles. The van der Waals surface area contributed by atoms with E-state index in [0.29, 0.717) is 30.2 Å². The average Bonchev–Trinajstić information content (AvgIpc) is 2.56. The summed E-state index contributed by atoms with van der Waals surface area (Å²) in [5.74, 6) is 1.06. The molecule has 25 heavy (non-hydrogen) atoms. The summed E-state index contributed by atoms with van der Waals surface area (Å²) in [7, 11) is 1.56. The maximum Gasteiger partial charge on any atom is 0.573 e. The lowest BCUT2D eigenvalue weighted by Gasteiger charge is -2.14. The molecule has 0 heterocycles. The van der Waals surface area contributed by atoms with E-state index in [9.17, 15) is 13.2 Å². The predicted octanol–water partition coefficient (Wildman–Crippen LogP) is 4.28. The van der Waals surface area contributed by atoms with Crippen molar-refractivity contribution >= 4 is 0 Å². The number of hydrogen-bond donors (Lipinski definition) is 1. The summed E-state index contributed by atoms with van der Waals surface area (Å²) in [6, 6.07) is 11.6. The van der Waals surface area contributed by atoms with Crippen molar-refractivity contribution in [3.8, 4) is 17.2 Å². The lowest BCUT2D eigenvalue weighted by atomic mass is 10.1. The molecule has 2 rings (SSSR count). The normalized spacial score (nSPS) is 11.2. The van der Waals surface area contributed by atoms with Crippen molar-refractivity contribution in [1.82, 2.24) is 5.32 Å². The fourth-order valence-corrected chi connectivity index (χ4v) is 2.32. The van der Waals surface area contributed by atoms with Crippen LogP contribution in [0.25, 0.3) is 0 Å². The highest BCUT2D eigenvalue weighted by Crippen LogP contribution is 2.28. The summed E-state index contributed by atoms with van der Waals surface area (Å²) in [6.07, 6.45) is -4.71. The second kappa shape index (κ2) is 8.62. The molecular formula is C18H20F3NO3. The van der Waals surface area contributed by atoms with E-state index in [0.717, 1.165) is 5.56 Å². The number of alkyl halides is 3. The Labute approximate surface area is 144 Å². The Kier molecular flexibility index (Phi) is 6.52. The van der Waals surface area contributed by atoms with Gasteiger partial charge in [0.05, 0.1) is 13.7 Å². The van der Waals surface area contributed by atoms with Gasteiger partial charge in [0, 0.05) is 18.7 Å². The van der Waals surface area contributed by atoms with Crippen LogP contribution in [-0.2, 0) is 13.1 Å². The van der Waals surface area contributed by atoms with Gasteiger partial charge in [0.25, 0.3) is 0 Å². The molecule has 2 aromatic rings. The molecule has 4 nitrogen and oxygen atoms in total. The zero-order valence-corrected chi connectivity index (χ0v) is 14.0. The molecule has 136 valence electrons. The SMILES string of the molecule is CCOc1cc(CNCc2ccccc2OC(F)(F)F)ccc1OC. The van der Waals surface area contributed by atoms with Crippen LogP contribution < -0.4 is 19.5 Å². The third-order valence-corrected chi connectivity index (χ3v) is 3.37. The van der Waals surface area contributed by atoms with E-state index in [1.165, 1.54) is 12.1 Å². The Bertz CT molecular complexity index is 690. The molecule has 0 aromatic heterocycles. The van der Waals surface area contributed by atoms with E-state index in [1.807, 2.05) is 19.1 Å². The highest BCUT2D eigenvalue weighted by molar-refractivity contribution is 5.43. The van der Waals surface area contributed by atoms with Crippen LogP contribution in [-0.4, -0.2) is 20.1 Å². The summed E-state index contributed by atoms with van der Waals surface area (Å²) in [5, 5.41) is 3.11. The molecule has 0 radical (unpaired) electrons. The Morgan fingerprint density at radius 1 is 0.960 bits per heavy atom. The van der Waals surface area contributed by atoms with Crippen molar-refractivity contribution in [2.45, 2.75) is 26.4 Å². The highest BCUT2D eigenvalue weighted by Gasteiger charge is 2.31. The Morgan fingerprint density at radius 2 is 1.72 bits per heavy atom. The molecule has 0 aliphatic carbocycles. The van der Waals surface area contributed by atoms with Gasteiger partial charge in [-0.2, -0.15) is 0 Å². The second-order valence-electron chi connectivity index (χ2n) is 5.18. The topological polar surface area (TPSA) is 39.7 Å². The molecule has 0 atom stereocenters. The number of nitrogens with one attached hydrogen (secondary N) is 1. The van der Waals surface area contributed by atoms with E-state index in [-0.39, 0.29) is 12.3 Å². The first kappa shape index (κ1) is 18.9. The van der Waals surface area contributed by atoms with Gasteiger partial charge >= 0.3 is 6.36 Å². The first-order valence-electron chi connectivity index (χ1n) is 7.77. The van der Waals surface area contributed by atoms with Crippen LogP contribution in [0.3, 0.4) is 0 Å². The first-order chi connectivity index (χ1) is 11.9. The van der Waals surface area contributed by atoms with Crippen LogP contribution in [0.2, 0.25) is 0 Å². The Balaban J connectivity index is 2.00. The molecule has 0 unspecified atom stereocenters. The van der Waals surface area contributed by atoms with Gasteiger partial charge in [-0.25, -0.2) is 0 Å². The van der Waals surface area contributed by atoms with E-state index in [2.05, 4.69) is 10.1 Å². The Hall–Kier alpha value is -2.41. The van der Waals surface area contributed by atoms with Crippen LogP contribution in [0.4, 0.5) is 13.2 Å². The smallest absolute Gasteiger partial charge is 0.493 e. The first-order valence-corrected chi connectivity index (χ1v) is 7.77. The van der Waals surface area contributed by atoms with Gasteiger partial charge in [-0.1, -0.05) is 24.3 Å². The number of rotatable bonds is 8. The number of benzene rings is 2. The standard InChI is InChI=1S/C18H20F3NO3/c1-3-24-17-10-13(8-9-16(17)23-2)11-22-12-14-6-4-5-7-15(14)25-18(19,20)21/h4-10,22H,3,11-12H2,1-2H3. The summed E-state index contributed by atoms with van der Waals surface area (Å²) >= 11 is 0. The van der Waals surface area contributed by atoms with Gasteiger partial charge in [-0.15, -0.1) is 13.2 Å². The zero-order chi connectivity index (χ0) is 18.3. The molecule has 0 spiro atoms. The maximum atomic E-state index is 12.4. The molecular weight excluding hydrogens is 335 g/mol. The molecule has 0 fully saturated rings. The summed E-state index contributed by atoms with van der Waals surface area (Å²) in [6.45, 7) is 3.09. The monoisotopic (exact) mass is 355 g/mol. The third kappa shape index (κ3) is 5.86. The van der Waals surface area contributed by atoms with Crippen molar-refractivity contribution in [3.05, 3.63) is 53.6 Å². The number of methoxy groups -OCH3 is 1. The molecule has 1 N–H and O–H groups in total. The predicted molar refractivity (Wildman–Crippen MR) is 87.8 cm³/mol. The molecule has 0 amide bonds. The van der Waals surface area contributed by atoms with E-state index in [1.54, 1.807) is 25.3 Å². The molecule has 7 heteroatoms. The van der Waals surface area contributed by atoms with Crippen LogP contribution in [0, 0.1) is 0 Å². The van der Waals surface area contributed by atoms with Gasteiger partial charge < -0.3 is 19.5 Å². The zero-order valence-electron chi connectivity index (χ0n) is 14.0. The molecule has 0 bridgehead atoms. The van der Waals surface area contributed by atoms with E-state index in [4.69, 9.17) is 9.47 Å². The molecule has 0 aliphatic rings. The van der Waals surface area contributed by atoms with E-state index >= 15 is 0 Å². The lowest BCUT2D eigenvalue weighted by molar-refractivity contribution is -0.274. The summed E-state index contributed by atoms with van der Waals surface area (Å²) in [4.78, 5) is 0. The van der Waals surface area contributed by atoms with Crippen LogP contribution >= 0.6 is 0 Å². The van der Waals surface area contributed by atoms with Crippen molar-refractivity contribution in [3.63, 3.8) is 0 Å². The number of para-hydroxylation sites is 1. The van der Waals surface area contributed by atoms with Crippen LogP contribution in [0.5, 0.6) is 17.2 Å². The number of hydrogen-bond acceptors (Lipinski definition) is 4.